The van der Waals surface area contributed by atoms with Gasteiger partial charge in [0.15, 0.2) is 5.13 Å². The van der Waals surface area contributed by atoms with E-state index in [4.69, 9.17) is 5.53 Å². The topological polar surface area (TPSA) is 154 Å². The number of benzene rings is 1. The average Bonchev–Trinajstić information content (AvgIpc) is 2.87. The lowest BCUT2D eigenvalue weighted by Crippen LogP contribution is -2.11. The van der Waals surface area contributed by atoms with Crippen LogP contribution in [0.3, 0.4) is 0 Å². The molecule has 106 valence electrons. The van der Waals surface area contributed by atoms with E-state index in [1.807, 2.05) is 0 Å². The van der Waals surface area contributed by atoms with Crippen molar-refractivity contribution in [3.8, 4) is 5.75 Å². The van der Waals surface area contributed by atoms with Crippen LogP contribution in [-0.4, -0.2) is 20.9 Å². The number of hydrogen-bond acceptors (Lipinski definition) is 7. The number of azide groups is 1. The summed E-state index contributed by atoms with van der Waals surface area (Å²) in [6.45, 7) is 0. The molecule has 0 saturated carbocycles. The minimum Gasteiger partial charge on any atom is -0.507 e. The number of nitrogens with one attached hydrogen (secondary N) is 1. The monoisotopic (exact) mass is 306 g/mol. The van der Waals surface area contributed by atoms with Crippen LogP contribution in [0.25, 0.3) is 10.4 Å². The number of phenols is 1. The van der Waals surface area contributed by atoms with Gasteiger partial charge < -0.3 is 5.11 Å². The van der Waals surface area contributed by atoms with Gasteiger partial charge in [0.1, 0.15) is 11.9 Å². The zero-order chi connectivity index (χ0) is 15.4. The third-order valence-corrected chi connectivity index (χ3v) is 3.14. The Balaban J connectivity index is 2.19. The van der Waals surface area contributed by atoms with Crippen LogP contribution in [0.2, 0.25) is 0 Å². The van der Waals surface area contributed by atoms with E-state index < -0.39 is 10.8 Å². The SMILES string of the molecule is [N-]=[N+]=Nc1ccc(C(=O)Nc2ncc([N+](=O)[O-])s2)c(O)c1. The fourth-order valence-corrected chi connectivity index (χ4v) is 2.03. The van der Waals surface area contributed by atoms with Crippen molar-refractivity contribution in [2.45, 2.75) is 0 Å². The Morgan fingerprint density at radius 2 is 2.33 bits per heavy atom. The number of nitro groups is 1. The summed E-state index contributed by atoms with van der Waals surface area (Å²) < 4.78 is 0. The highest BCUT2D eigenvalue weighted by molar-refractivity contribution is 7.18. The minimum absolute atomic E-state index is 0.0326. The lowest BCUT2D eigenvalue weighted by atomic mass is 10.1. The van der Waals surface area contributed by atoms with Crippen molar-refractivity contribution in [2.24, 2.45) is 5.11 Å². The summed E-state index contributed by atoms with van der Waals surface area (Å²) in [5.74, 6) is -1.08. The number of phenolic OH excluding ortho intramolecular Hbond substituents is 1. The van der Waals surface area contributed by atoms with Crippen molar-refractivity contribution >= 4 is 33.1 Å². The van der Waals surface area contributed by atoms with Gasteiger partial charge in [-0.3, -0.25) is 20.2 Å². The van der Waals surface area contributed by atoms with Crippen LogP contribution >= 0.6 is 11.3 Å². The van der Waals surface area contributed by atoms with E-state index in [-0.39, 0.29) is 27.1 Å². The van der Waals surface area contributed by atoms with Gasteiger partial charge in [0.05, 0.1) is 10.5 Å². The van der Waals surface area contributed by atoms with Crippen molar-refractivity contribution in [3.63, 3.8) is 0 Å². The predicted molar refractivity (Wildman–Crippen MR) is 73.6 cm³/mol. The van der Waals surface area contributed by atoms with Crippen molar-refractivity contribution in [1.82, 2.24) is 4.98 Å². The van der Waals surface area contributed by atoms with Gasteiger partial charge in [-0.25, -0.2) is 4.98 Å². The number of rotatable bonds is 4. The highest BCUT2D eigenvalue weighted by Crippen LogP contribution is 2.28. The van der Waals surface area contributed by atoms with Crippen molar-refractivity contribution in [2.75, 3.05) is 5.32 Å². The third kappa shape index (κ3) is 3.23. The molecule has 1 heterocycles. The average molecular weight is 306 g/mol. The van der Waals surface area contributed by atoms with Crippen molar-refractivity contribution in [1.29, 1.82) is 0 Å². The lowest BCUT2D eigenvalue weighted by Gasteiger charge is -2.04. The molecule has 10 nitrogen and oxygen atoms in total. The second-order valence-corrected chi connectivity index (χ2v) is 4.61. The standard InChI is InChI=1S/C10H6N6O4S/c11-15-14-5-1-2-6(7(17)3-5)9(18)13-10-12-4-8(21-10)16(19)20/h1-4,17H,(H,12,13,18). The molecular formula is C10H6N6O4S. The molecule has 0 fully saturated rings. The van der Waals surface area contributed by atoms with Crippen LogP contribution < -0.4 is 5.32 Å². The highest BCUT2D eigenvalue weighted by Gasteiger charge is 2.16. The third-order valence-electron chi connectivity index (χ3n) is 2.28. The largest absolute Gasteiger partial charge is 0.507 e. The Hall–Kier alpha value is -3.17. The first-order valence-corrected chi connectivity index (χ1v) is 6.12. The van der Waals surface area contributed by atoms with Gasteiger partial charge in [-0.15, -0.1) is 0 Å². The predicted octanol–water partition coefficient (Wildman–Crippen LogP) is 2.95. The fraction of sp³-hybridized carbons (Fsp3) is 0. The number of aromatic nitrogens is 1. The second kappa shape index (κ2) is 5.86. The normalized spacial score (nSPS) is 9.71. The number of carbonyl (C=O) groups excluding carboxylic acids is 1. The molecule has 0 saturated heterocycles. The Morgan fingerprint density at radius 1 is 1.57 bits per heavy atom. The summed E-state index contributed by atoms with van der Waals surface area (Å²) in [7, 11) is 0. The molecule has 1 aromatic carbocycles. The number of carbonyl (C=O) groups is 1. The number of anilines is 1. The summed E-state index contributed by atoms with van der Waals surface area (Å²) in [4.78, 5) is 28.0. The molecule has 0 aliphatic rings. The lowest BCUT2D eigenvalue weighted by molar-refractivity contribution is -0.380. The molecule has 21 heavy (non-hydrogen) atoms. The maximum Gasteiger partial charge on any atom is 0.345 e. The molecule has 11 heteroatoms. The number of hydrogen-bond donors (Lipinski definition) is 2. The van der Waals surface area contributed by atoms with E-state index in [0.29, 0.717) is 11.3 Å². The van der Waals surface area contributed by atoms with E-state index in [0.717, 1.165) is 12.3 Å². The van der Waals surface area contributed by atoms with E-state index >= 15 is 0 Å². The second-order valence-electron chi connectivity index (χ2n) is 3.61. The maximum atomic E-state index is 11.9. The Labute approximate surface area is 120 Å². The molecule has 2 aromatic rings. The number of thiazole rings is 1. The summed E-state index contributed by atoms with van der Waals surface area (Å²) in [6.07, 6.45) is 1.02. The molecule has 0 bridgehead atoms. The van der Waals surface area contributed by atoms with E-state index in [9.17, 15) is 20.0 Å². The van der Waals surface area contributed by atoms with Gasteiger partial charge >= 0.3 is 5.00 Å². The van der Waals surface area contributed by atoms with Crippen LogP contribution in [0, 0.1) is 10.1 Å². The minimum atomic E-state index is -0.691. The summed E-state index contributed by atoms with van der Waals surface area (Å²) >= 11 is 0.691. The Morgan fingerprint density at radius 3 is 2.90 bits per heavy atom. The summed E-state index contributed by atoms with van der Waals surface area (Å²) in [5.41, 5.74) is 8.34. The first-order valence-electron chi connectivity index (χ1n) is 5.31. The van der Waals surface area contributed by atoms with Gasteiger partial charge in [-0.05, 0) is 29.0 Å². The van der Waals surface area contributed by atoms with Crippen LogP contribution in [0.5, 0.6) is 5.75 Å². The number of amides is 1. The molecule has 0 atom stereocenters. The molecule has 1 amide bonds. The number of nitrogens with zero attached hydrogens (tertiary/aromatic N) is 5. The zero-order valence-corrected chi connectivity index (χ0v) is 10.9. The molecule has 0 spiro atoms. The molecule has 0 aliphatic heterocycles. The van der Waals surface area contributed by atoms with Gasteiger partial charge in [0, 0.05) is 10.6 Å². The molecule has 0 radical (unpaired) electrons. The highest BCUT2D eigenvalue weighted by atomic mass is 32.1. The smallest absolute Gasteiger partial charge is 0.345 e. The van der Waals surface area contributed by atoms with Crippen LogP contribution in [0.15, 0.2) is 29.5 Å². The van der Waals surface area contributed by atoms with Crippen LogP contribution in [0.1, 0.15) is 10.4 Å². The van der Waals surface area contributed by atoms with E-state index in [1.165, 1.54) is 12.1 Å². The van der Waals surface area contributed by atoms with E-state index in [1.54, 1.807) is 0 Å². The van der Waals surface area contributed by atoms with E-state index in [2.05, 4.69) is 20.3 Å². The zero-order valence-electron chi connectivity index (χ0n) is 10.1. The van der Waals surface area contributed by atoms with Gasteiger partial charge in [0.25, 0.3) is 5.91 Å². The quantitative estimate of drug-likeness (QED) is 0.292. The fourth-order valence-electron chi connectivity index (χ4n) is 1.40. The van der Waals surface area contributed by atoms with Gasteiger partial charge in [-0.2, -0.15) is 0 Å². The molecule has 0 aliphatic carbocycles. The number of aromatic hydroxyl groups is 1. The van der Waals surface area contributed by atoms with Gasteiger partial charge in [0.2, 0.25) is 0 Å². The summed E-state index contributed by atoms with van der Waals surface area (Å²) in [6, 6.07) is 3.73. The molecule has 2 rings (SSSR count). The van der Waals surface area contributed by atoms with Crippen LogP contribution in [0.4, 0.5) is 15.8 Å². The maximum absolute atomic E-state index is 11.9. The first kappa shape index (κ1) is 14.2. The molecule has 0 unspecified atom stereocenters. The first-order chi connectivity index (χ1) is 10.0. The van der Waals surface area contributed by atoms with Crippen LogP contribution in [-0.2, 0) is 0 Å². The molecular weight excluding hydrogens is 300 g/mol. The van der Waals surface area contributed by atoms with Crippen molar-refractivity contribution in [3.05, 3.63) is 50.5 Å². The summed E-state index contributed by atoms with van der Waals surface area (Å²) in [5, 5.41) is 25.6. The van der Waals surface area contributed by atoms with Gasteiger partial charge in [-0.1, -0.05) is 11.2 Å². The Bertz CT molecular complexity index is 767. The van der Waals surface area contributed by atoms with Crippen molar-refractivity contribution < 1.29 is 14.8 Å². The molecule has 2 N–H and O–H groups in total. The Kier molecular flexibility index (Phi) is 3.97. The molecule has 1 aromatic heterocycles.